The van der Waals surface area contributed by atoms with Crippen molar-refractivity contribution < 1.29 is 14.4 Å². The molecule has 2 atom stereocenters. The number of nitrogens with one attached hydrogen (secondary N) is 1. The lowest BCUT2D eigenvalue weighted by atomic mass is 9.96. The molecule has 0 saturated carbocycles. The van der Waals surface area contributed by atoms with E-state index in [0.717, 1.165) is 5.06 Å². The van der Waals surface area contributed by atoms with Crippen LogP contribution < -0.4 is 10.1 Å². The number of urea groups is 1. The first-order valence-corrected chi connectivity index (χ1v) is 7.91. The highest BCUT2D eigenvalue weighted by Gasteiger charge is 2.16. The van der Waals surface area contributed by atoms with E-state index in [1.165, 1.54) is 12.7 Å². The van der Waals surface area contributed by atoms with Crippen LogP contribution in [0.1, 0.15) is 25.3 Å². The minimum Gasteiger partial charge on any atom is -0.490 e. The Morgan fingerprint density at radius 2 is 1.79 bits per heavy atom. The number of benzene rings is 2. The van der Waals surface area contributed by atoms with E-state index in [1.807, 2.05) is 37.3 Å². The Morgan fingerprint density at radius 1 is 1.08 bits per heavy atom. The number of carbonyl (C=O) groups excluding carboxylic acids is 1. The van der Waals surface area contributed by atoms with E-state index in [2.05, 4.69) is 24.4 Å². The van der Waals surface area contributed by atoms with E-state index in [4.69, 9.17) is 9.57 Å². The Kier molecular flexibility index (Phi) is 6.21. The van der Waals surface area contributed by atoms with Gasteiger partial charge in [-0.15, -0.1) is 0 Å². The van der Waals surface area contributed by atoms with Gasteiger partial charge in [-0.05, 0) is 24.6 Å². The summed E-state index contributed by atoms with van der Waals surface area (Å²) in [6.07, 6.45) is 0.000000262. The first kappa shape index (κ1) is 17.8. The largest absolute Gasteiger partial charge is 0.490 e. The lowest BCUT2D eigenvalue weighted by molar-refractivity contribution is -0.0598. The van der Waals surface area contributed by atoms with Crippen LogP contribution in [0.25, 0.3) is 0 Å². The van der Waals surface area contributed by atoms with Gasteiger partial charge in [-0.1, -0.05) is 43.3 Å². The summed E-state index contributed by atoms with van der Waals surface area (Å²) < 4.78 is 6.04. The fraction of sp³-hybridized carbons (Fsp3) is 0.316. The second kappa shape index (κ2) is 8.36. The number of rotatable bonds is 6. The van der Waals surface area contributed by atoms with Gasteiger partial charge in [-0.2, -0.15) is 0 Å². The summed E-state index contributed by atoms with van der Waals surface area (Å²) in [6.45, 7) is 4.18. The lowest BCUT2D eigenvalue weighted by Gasteiger charge is -2.22. The van der Waals surface area contributed by atoms with Gasteiger partial charge in [0.05, 0.1) is 7.11 Å². The zero-order valence-electron chi connectivity index (χ0n) is 14.5. The maximum Gasteiger partial charge on any atom is 0.345 e. The van der Waals surface area contributed by atoms with Crippen LogP contribution in [0.15, 0.2) is 54.6 Å². The summed E-state index contributed by atoms with van der Waals surface area (Å²) in [6, 6.07) is 17.2. The van der Waals surface area contributed by atoms with E-state index >= 15 is 0 Å². The Morgan fingerprint density at radius 3 is 2.46 bits per heavy atom. The minimum atomic E-state index is -0.347. The van der Waals surface area contributed by atoms with Crippen molar-refractivity contribution in [1.29, 1.82) is 0 Å². The first-order valence-electron chi connectivity index (χ1n) is 7.91. The highest BCUT2D eigenvalue weighted by molar-refractivity contribution is 5.88. The molecule has 2 aromatic rings. The van der Waals surface area contributed by atoms with Crippen LogP contribution in [-0.4, -0.2) is 31.4 Å². The van der Waals surface area contributed by atoms with Crippen molar-refractivity contribution in [1.82, 2.24) is 5.06 Å². The summed E-state index contributed by atoms with van der Waals surface area (Å²) in [7, 11) is 2.98. The number of hydrogen-bond donors (Lipinski definition) is 1. The number of anilines is 1. The van der Waals surface area contributed by atoms with Crippen LogP contribution in [0.2, 0.25) is 0 Å². The van der Waals surface area contributed by atoms with E-state index in [-0.39, 0.29) is 18.1 Å². The van der Waals surface area contributed by atoms with Gasteiger partial charge < -0.3 is 10.1 Å². The molecule has 0 aromatic heterocycles. The number of nitrogens with zero attached hydrogens (tertiary/aromatic N) is 1. The van der Waals surface area contributed by atoms with E-state index in [9.17, 15) is 4.79 Å². The summed E-state index contributed by atoms with van der Waals surface area (Å²) >= 11 is 0. The van der Waals surface area contributed by atoms with E-state index in [1.54, 1.807) is 19.2 Å². The van der Waals surface area contributed by atoms with Crippen LogP contribution in [-0.2, 0) is 4.84 Å². The van der Waals surface area contributed by atoms with Gasteiger partial charge in [0.15, 0.2) is 0 Å². The molecule has 0 radical (unpaired) electrons. The quantitative estimate of drug-likeness (QED) is 0.805. The van der Waals surface area contributed by atoms with Gasteiger partial charge in [-0.25, -0.2) is 9.86 Å². The molecule has 2 rings (SSSR count). The number of ether oxygens (including phenoxy) is 1. The highest BCUT2D eigenvalue weighted by atomic mass is 16.7. The topological polar surface area (TPSA) is 50.8 Å². The van der Waals surface area contributed by atoms with E-state index < -0.39 is 0 Å². The fourth-order valence-electron chi connectivity index (χ4n) is 2.28. The molecule has 24 heavy (non-hydrogen) atoms. The molecular weight excluding hydrogens is 304 g/mol. The molecule has 0 heterocycles. The lowest BCUT2D eigenvalue weighted by Crippen LogP contribution is -2.30. The average Bonchev–Trinajstić information content (AvgIpc) is 2.61. The van der Waals surface area contributed by atoms with Crippen LogP contribution in [0.4, 0.5) is 10.5 Å². The molecule has 2 unspecified atom stereocenters. The normalized spacial score (nSPS) is 13.0. The van der Waals surface area contributed by atoms with Gasteiger partial charge in [0.25, 0.3) is 0 Å². The Labute approximate surface area is 143 Å². The van der Waals surface area contributed by atoms with Gasteiger partial charge in [-0.3, -0.25) is 4.84 Å². The van der Waals surface area contributed by atoms with Crippen molar-refractivity contribution in [2.45, 2.75) is 25.9 Å². The number of hydrogen-bond acceptors (Lipinski definition) is 3. The third-order valence-corrected chi connectivity index (χ3v) is 4.00. The molecule has 0 aliphatic rings. The van der Waals surface area contributed by atoms with Gasteiger partial charge in [0, 0.05) is 24.7 Å². The molecule has 2 amide bonds. The van der Waals surface area contributed by atoms with Gasteiger partial charge in [0.2, 0.25) is 0 Å². The zero-order valence-corrected chi connectivity index (χ0v) is 14.5. The predicted molar refractivity (Wildman–Crippen MR) is 95.2 cm³/mol. The van der Waals surface area contributed by atoms with Gasteiger partial charge in [0.1, 0.15) is 11.9 Å². The zero-order chi connectivity index (χ0) is 17.5. The van der Waals surface area contributed by atoms with Crippen LogP contribution in [0.3, 0.4) is 0 Å². The molecule has 0 bridgehead atoms. The second-order valence-electron chi connectivity index (χ2n) is 5.66. The summed E-state index contributed by atoms with van der Waals surface area (Å²) in [4.78, 5) is 16.7. The van der Waals surface area contributed by atoms with Crippen molar-refractivity contribution in [2.24, 2.45) is 0 Å². The van der Waals surface area contributed by atoms with Crippen molar-refractivity contribution in [3.8, 4) is 5.75 Å². The van der Waals surface area contributed by atoms with Gasteiger partial charge >= 0.3 is 6.03 Å². The molecule has 0 aliphatic carbocycles. The molecule has 5 heteroatoms. The smallest absolute Gasteiger partial charge is 0.345 e. The Balaban J connectivity index is 2.02. The van der Waals surface area contributed by atoms with Crippen molar-refractivity contribution in [3.05, 3.63) is 60.2 Å². The maximum atomic E-state index is 11.8. The molecule has 0 aliphatic heterocycles. The molecule has 1 N–H and O–H groups in total. The number of hydroxylamine groups is 2. The molecular formula is C19H24N2O3. The Hall–Kier alpha value is -2.53. The van der Waals surface area contributed by atoms with Crippen LogP contribution >= 0.6 is 0 Å². The highest BCUT2D eigenvalue weighted by Crippen LogP contribution is 2.25. The molecule has 0 fully saturated rings. The number of carbonyl (C=O) groups is 1. The standard InChI is InChI=1S/C19H24N2O3/c1-14(16-9-6-5-7-10-16)15(2)24-18-12-8-11-17(13-18)20-19(22)21(3)23-4/h5-15H,1-4H3,(H,20,22). The van der Waals surface area contributed by atoms with Crippen molar-refractivity contribution in [3.63, 3.8) is 0 Å². The van der Waals surface area contributed by atoms with Crippen molar-refractivity contribution in [2.75, 3.05) is 19.5 Å². The van der Waals surface area contributed by atoms with Crippen LogP contribution in [0.5, 0.6) is 5.75 Å². The summed E-state index contributed by atoms with van der Waals surface area (Å²) in [5.74, 6) is 0.965. The predicted octanol–water partition coefficient (Wildman–Crippen LogP) is 4.28. The fourth-order valence-corrected chi connectivity index (χ4v) is 2.28. The second-order valence-corrected chi connectivity index (χ2v) is 5.66. The van der Waals surface area contributed by atoms with E-state index in [0.29, 0.717) is 11.4 Å². The monoisotopic (exact) mass is 328 g/mol. The molecule has 5 nitrogen and oxygen atoms in total. The Bertz CT molecular complexity index is 661. The molecule has 128 valence electrons. The minimum absolute atomic E-state index is 0.000000262. The molecule has 0 spiro atoms. The summed E-state index contributed by atoms with van der Waals surface area (Å²) in [5, 5.41) is 3.87. The average molecular weight is 328 g/mol. The third-order valence-electron chi connectivity index (χ3n) is 4.00. The van der Waals surface area contributed by atoms with Crippen molar-refractivity contribution >= 4 is 11.7 Å². The first-order chi connectivity index (χ1) is 11.5. The number of amides is 2. The third kappa shape index (κ3) is 4.73. The SMILES string of the molecule is CON(C)C(=O)Nc1cccc(OC(C)C(C)c2ccccc2)c1. The summed E-state index contributed by atoms with van der Waals surface area (Å²) in [5.41, 5.74) is 1.89. The maximum absolute atomic E-state index is 11.8. The molecule has 2 aromatic carbocycles. The van der Waals surface area contributed by atoms with Crippen LogP contribution in [0, 0.1) is 0 Å². The molecule has 0 saturated heterocycles.